The van der Waals surface area contributed by atoms with Crippen LogP contribution in [0.5, 0.6) is 0 Å². The second-order valence-electron chi connectivity index (χ2n) is 15.4. The summed E-state index contributed by atoms with van der Waals surface area (Å²) in [6.07, 6.45) is 0. The zero-order valence-corrected chi connectivity index (χ0v) is 41.0. The third kappa shape index (κ3) is 11.4. The molecule has 0 aromatic heterocycles. The Kier molecular flexibility index (Phi) is 17.6. The van der Waals surface area contributed by atoms with Crippen molar-refractivity contribution in [1.82, 2.24) is 0 Å². The fraction of sp³-hybridized carbons (Fsp3) is 0.0333. The summed E-state index contributed by atoms with van der Waals surface area (Å²) in [5.41, 5.74) is 20.4. The second-order valence-corrected chi connectivity index (χ2v) is 24.7. The summed E-state index contributed by atoms with van der Waals surface area (Å²) in [6.45, 7) is 4.62. The first-order valence-corrected chi connectivity index (χ1v) is 27.4. The molecule has 0 aliphatic rings. The summed E-state index contributed by atoms with van der Waals surface area (Å²) in [6, 6.07) is 90.5. The molecule has 0 heterocycles. The quantitative estimate of drug-likeness (QED) is 0.105. The van der Waals surface area contributed by atoms with Crippen molar-refractivity contribution in [1.29, 1.82) is 0 Å². The van der Waals surface area contributed by atoms with E-state index in [0.717, 1.165) is 0 Å². The molecule has 0 N–H and O–H groups in total. The molecular weight excluding hydrogens is 911 g/mol. The first-order valence-electron chi connectivity index (χ1n) is 21.2. The Bertz CT molecular complexity index is 2530. The van der Waals surface area contributed by atoms with Crippen LogP contribution in [0.1, 0.15) is 0 Å². The van der Waals surface area contributed by atoms with Crippen molar-refractivity contribution in [2.24, 2.45) is 0 Å². The fourth-order valence-corrected chi connectivity index (χ4v) is 8.12. The van der Waals surface area contributed by atoms with Crippen molar-refractivity contribution in [3.63, 3.8) is 0 Å². The van der Waals surface area contributed by atoms with Crippen LogP contribution in [0.25, 0.3) is 89.0 Å². The first-order chi connectivity index (χ1) is 30.6. The number of rotatable bonds is 8. The Morgan fingerprint density at radius 1 is 0.297 bits per heavy atom. The van der Waals surface area contributed by atoms with Crippen LogP contribution in [-0.2, 0) is 23.3 Å². The molecule has 4 heteroatoms. The molecule has 0 fully saturated rings. The fourth-order valence-electron chi connectivity index (χ4n) is 8.12. The van der Waals surface area contributed by atoms with Crippen LogP contribution in [0.3, 0.4) is 0 Å². The van der Waals surface area contributed by atoms with Gasteiger partial charge in [-0.3, -0.25) is 0 Å². The maximum absolute atomic E-state index is 2.36. The molecular formula is C60H48Cl2SiZr-2. The van der Waals surface area contributed by atoms with Gasteiger partial charge in [0.25, 0.3) is 0 Å². The van der Waals surface area contributed by atoms with E-state index >= 15 is 0 Å². The van der Waals surface area contributed by atoms with E-state index in [2.05, 4.69) is 268 Å². The van der Waals surface area contributed by atoms with Crippen molar-refractivity contribution in [3.8, 4) is 89.0 Å². The molecule has 0 bridgehead atoms. The molecule has 0 radical (unpaired) electrons. The molecule has 0 atom stereocenters. The van der Waals surface area contributed by atoms with E-state index in [-0.39, 0.29) is 30.2 Å². The Balaban J connectivity index is 0.000000191. The average Bonchev–Trinajstić information content (AvgIpc) is 3.95. The van der Waals surface area contributed by atoms with Gasteiger partial charge in [-0.25, -0.2) is 0 Å². The molecule has 312 valence electrons. The Morgan fingerprint density at radius 3 is 0.750 bits per heavy atom. The van der Waals surface area contributed by atoms with E-state index in [1.54, 1.807) is 23.3 Å². The summed E-state index contributed by atoms with van der Waals surface area (Å²) >= 11 is 1.74. The molecule has 10 aromatic rings. The van der Waals surface area contributed by atoms with Crippen LogP contribution >= 0.6 is 0 Å². The monoisotopic (exact) mass is 956 g/mol. The Labute approximate surface area is 407 Å². The molecule has 0 saturated heterocycles. The standard InChI is InChI=1S/2C29H21.C2H6Si.2ClH.Zr/c2*1-5-13-22(14-6-1)26-21-27(23-15-7-2-8-16-23)29(25-19-11-4-12-20-25)28(26)24-17-9-3-10-18-24;1-3-2;;;/h2*1-21H;1-2H3;2*1H;/q2*-1;;;;+2/p-2. The van der Waals surface area contributed by atoms with Gasteiger partial charge in [-0.2, -0.15) is 0 Å². The van der Waals surface area contributed by atoms with Gasteiger partial charge in [-0.05, 0) is 0 Å². The van der Waals surface area contributed by atoms with E-state index in [1.165, 1.54) is 89.0 Å². The number of benzene rings is 8. The summed E-state index contributed by atoms with van der Waals surface area (Å²) in [5.74, 6) is 0. The maximum atomic E-state index is 2.36. The topological polar surface area (TPSA) is 0 Å². The zero-order valence-electron chi connectivity index (χ0n) is 36.0. The van der Waals surface area contributed by atoms with E-state index in [4.69, 9.17) is 0 Å². The third-order valence-corrected chi connectivity index (χ3v) is 10.7. The molecule has 0 spiro atoms. The van der Waals surface area contributed by atoms with Crippen LogP contribution in [0.4, 0.5) is 0 Å². The average molecular weight is 959 g/mol. The predicted octanol–water partition coefficient (Wildman–Crippen LogP) is 10.9. The number of halogens is 2. The minimum absolute atomic E-state index is 0. The van der Waals surface area contributed by atoms with E-state index in [9.17, 15) is 0 Å². The zero-order chi connectivity index (χ0) is 42.5. The molecule has 10 rings (SSSR count). The third-order valence-electron chi connectivity index (χ3n) is 10.7. The van der Waals surface area contributed by atoms with Gasteiger partial charge < -0.3 is 24.8 Å². The molecule has 0 aliphatic carbocycles. The second kappa shape index (κ2) is 23.7. The van der Waals surface area contributed by atoms with Crippen LogP contribution < -0.4 is 24.8 Å². The van der Waals surface area contributed by atoms with Gasteiger partial charge in [0, 0.05) is 0 Å². The van der Waals surface area contributed by atoms with Crippen molar-refractivity contribution >= 4 is 5.43 Å². The van der Waals surface area contributed by atoms with Gasteiger partial charge >= 0.3 is 41.9 Å². The maximum Gasteiger partial charge on any atom is -0.0514 e. The summed E-state index contributed by atoms with van der Waals surface area (Å²) in [4.78, 5) is 0. The Morgan fingerprint density at radius 2 is 0.500 bits per heavy atom. The van der Waals surface area contributed by atoms with Gasteiger partial charge in [0.2, 0.25) is 0 Å². The minimum atomic E-state index is 0. The van der Waals surface area contributed by atoms with E-state index in [0.29, 0.717) is 0 Å². The summed E-state index contributed by atoms with van der Waals surface area (Å²) < 4.78 is 0. The van der Waals surface area contributed by atoms with Crippen LogP contribution in [0, 0.1) is 0 Å². The van der Waals surface area contributed by atoms with Crippen molar-refractivity contribution in [3.05, 3.63) is 255 Å². The van der Waals surface area contributed by atoms with Gasteiger partial charge in [0.1, 0.15) is 0 Å². The Hall–Kier alpha value is -5.86. The molecule has 10 aromatic carbocycles. The van der Waals surface area contributed by atoms with Crippen LogP contribution in [0.2, 0.25) is 13.1 Å². The molecule has 0 saturated carbocycles. The van der Waals surface area contributed by atoms with Crippen molar-refractivity contribution in [2.45, 2.75) is 13.1 Å². The van der Waals surface area contributed by atoms with Gasteiger partial charge in [0.05, 0.1) is 0 Å². The summed E-state index contributed by atoms with van der Waals surface area (Å²) in [5, 5.41) is 0. The van der Waals surface area contributed by atoms with Gasteiger partial charge in [-0.15, -0.1) is 47.5 Å². The smallest absolute Gasteiger partial charge is 0.0514 e. The van der Waals surface area contributed by atoms with Gasteiger partial charge in [0.15, 0.2) is 0 Å². The normalized spacial score (nSPS) is 10.2. The minimum Gasteiger partial charge on any atom is -1.00 e. The predicted molar refractivity (Wildman–Crippen MR) is 265 cm³/mol. The molecule has 64 heavy (non-hydrogen) atoms. The SMILES string of the molecule is C[Si](C)=[Zr+2].[Cl-].[Cl-].c1ccc(-c2c[c-](-c3ccccc3)c(-c3ccccc3)c2-c2ccccc2)cc1.c1ccc(-c2c[c-](-c3ccccc3)c(-c3ccccc3)c2-c2ccccc2)cc1. The van der Waals surface area contributed by atoms with Crippen molar-refractivity contribution < 1.29 is 48.1 Å². The van der Waals surface area contributed by atoms with E-state index < -0.39 is 0 Å². The largest absolute Gasteiger partial charge is 1.00 e. The summed E-state index contributed by atoms with van der Waals surface area (Å²) in [7, 11) is 0. The van der Waals surface area contributed by atoms with Crippen LogP contribution in [0.15, 0.2) is 255 Å². The van der Waals surface area contributed by atoms with Crippen molar-refractivity contribution in [2.75, 3.05) is 0 Å². The number of hydrogen-bond acceptors (Lipinski definition) is 0. The molecule has 0 nitrogen and oxygen atoms in total. The van der Waals surface area contributed by atoms with E-state index in [1.807, 2.05) is 0 Å². The molecule has 0 aliphatic heterocycles. The van der Waals surface area contributed by atoms with Crippen LogP contribution in [-0.4, -0.2) is 5.43 Å². The number of hydrogen-bond donors (Lipinski definition) is 0. The molecule has 0 amide bonds. The van der Waals surface area contributed by atoms with Gasteiger partial charge in [-0.1, -0.05) is 296 Å². The first kappa shape index (κ1) is 47.6. The molecule has 0 unspecified atom stereocenters.